The van der Waals surface area contributed by atoms with Crippen LogP contribution in [0, 0.1) is 0 Å². The summed E-state index contributed by atoms with van der Waals surface area (Å²) in [5.74, 6) is -3.98. The van der Waals surface area contributed by atoms with Crippen LogP contribution in [0.15, 0.2) is 23.2 Å². The first-order valence-electron chi connectivity index (χ1n) is 2.63. The lowest BCUT2D eigenvalue weighted by Crippen LogP contribution is -2.22. The van der Waals surface area contributed by atoms with Gasteiger partial charge in [0.1, 0.15) is 0 Å². The lowest BCUT2D eigenvalue weighted by Gasteiger charge is -2.17. The van der Waals surface area contributed by atoms with Gasteiger partial charge in [-0.05, 0) is 0 Å². The van der Waals surface area contributed by atoms with E-state index in [4.69, 9.17) is 25.5 Å². The molecule has 1 aliphatic heterocycles. The topological polar surface area (TPSA) is 110 Å². The Hall–Kier alpha value is -1.56. The van der Waals surface area contributed by atoms with E-state index in [1.807, 2.05) is 0 Å². The molecule has 0 bridgehead atoms. The smallest absolute Gasteiger partial charge is 0.327 e. The average Bonchev–Trinajstić information content (AvgIpc) is 1.97. The number of aliphatic hydroxyl groups is 5. The third-order valence-corrected chi connectivity index (χ3v) is 1.13. The SMILES string of the molecule is OC1=C(O)C(O)=C(O)C(O)O1. The van der Waals surface area contributed by atoms with Crippen molar-refractivity contribution in [2.75, 3.05) is 0 Å². The zero-order chi connectivity index (χ0) is 8.59. The molecule has 1 rings (SSSR count). The molecule has 5 N–H and O–H groups in total. The molecule has 6 nitrogen and oxygen atoms in total. The first-order valence-corrected chi connectivity index (χ1v) is 2.63. The zero-order valence-corrected chi connectivity index (χ0v) is 5.22. The van der Waals surface area contributed by atoms with Gasteiger partial charge in [0.25, 0.3) is 6.29 Å². The van der Waals surface area contributed by atoms with Crippen LogP contribution in [0.5, 0.6) is 0 Å². The van der Waals surface area contributed by atoms with Crippen molar-refractivity contribution in [3.8, 4) is 0 Å². The summed E-state index contributed by atoms with van der Waals surface area (Å²) in [6.45, 7) is 0. The second-order valence-electron chi connectivity index (χ2n) is 1.86. The van der Waals surface area contributed by atoms with Crippen molar-refractivity contribution in [2.24, 2.45) is 0 Å². The van der Waals surface area contributed by atoms with Crippen LogP contribution in [0.4, 0.5) is 0 Å². The molecule has 1 aliphatic rings. The first-order chi connectivity index (χ1) is 5.04. The minimum Gasteiger partial charge on any atom is -0.503 e. The van der Waals surface area contributed by atoms with E-state index in [1.165, 1.54) is 0 Å². The van der Waals surface area contributed by atoms with Gasteiger partial charge in [0.05, 0.1) is 0 Å². The van der Waals surface area contributed by atoms with Crippen molar-refractivity contribution in [1.82, 2.24) is 0 Å². The van der Waals surface area contributed by atoms with Gasteiger partial charge in [-0.1, -0.05) is 0 Å². The Labute approximate surface area is 60.9 Å². The van der Waals surface area contributed by atoms with Crippen molar-refractivity contribution in [3.05, 3.63) is 23.2 Å². The summed E-state index contributed by atoms with van der Waals surface area (Å²) in [6, 6.07) is 0. The van der Waals surface area contributed by atoms with E-state index in [0.29, 0.717) is 0 Å². The van der Waals surface area contributed by atoms with E-state index in [9.17, 15) is 0 Å². The van der Waals surface area contributed by atoms with E-state index in [0.717, 1.165) is 0 Å². The fourth-order valence-electron chi connectivity index (χ4n) is 0.557. The molecule has 1 heterocycles. The molecule has 1 unspecified atom stereocenters. The van der Waals surface area contributed by atoms with Crippen LogP contribution in [0.25, 0.3) is 0 Å². The maximum atomic E-state index is 8.71. The highest BCUT2D eigenvalue weighted by molar-refractivity contribution is 5.25. The van der Waals surface area contributed by atoms with Gasteiger partial charge in [-0.3, -0.25) is 0 Å². The van der Waals surface area contributed by atoms with Gasteiger partial charge in [0, 0.05) is 0 Å². The molecule has 6 heteroatoms. The minimum atomic E-state index is -1.84. The molecule has 0 spiro atoms. The third-order valence-electron chi connectivity index (χ3n) is 1.13. The summed E-state index contributed by atoms with van der Waals surface area (Å²) in [4.78, 5) is 0. The predicted octanol–water partition coefficient (Wildman–Crippen LogP) is -0.0523. The second-order valence-corrected chi connectivity index (χ2v) is 1.86. The largest absolute Gasteiger partial charge is 0.503 e. The number of ether oxygens (including phenoxy) is 1. The molecule has 0 fully saturated rings. The van der Waals surface area contributed by atoms with Crippen LogP contribution < -0.4 is 0 Å². The summed E-state index contributed by atoms with van der Waals surface area (Å²) < 4.78 is 4.05. The molecular formula is C5H6O6. The normalized spacial score (nSPS) is 25.4. The highest BCUT2D eigenvalue weighted by Gasteiger charge is 2.29. The Morgan fingerprint density at radius 1 is 1.00 bits per heavy atom. The maximum absolute atomic E-state index is 8.71. The fourth-order valence-corrected chi connectivity index (χ4v) is 0.557. The zero-order valence-electron chi connectivity index (χ0n) is 5.22. The van der Waals surface area contributed by atoms with Gasteiger partial charge in [-0.2, -0.15) is 0 Å². The summed E-state index contributed by atoms with van der Waals surface area (Å²) >= 11 is 0. The first kappa shape index (κ1) is 7.55. The van der Waals surface area contributed by atoms with Gasteiger partial charge in [0.15, 0.2) is 0 Å². The van der Waals surface area contributed by atoms with E-state index in [1.54, 1.807) is 0 Å². The quantitative estimate of drug-likeness (QED) is 0.341. The van der Waals surface area contributed by atoms with E-state index >= 15 is 0 Å². The van der Waals surface area contributed by atoms with E-state index in [-0.39, 0.29) is 0 Å². The molecule has 1 atom stereocenters. The maximum Gasteiger partial charge on any atom is 0.327 e. The van der Waals surface area contributed by atoms with Crippen molar-refractivity contribution >= 4 is 0 Å². The van der Waals surface area contributed by atoms with Crippen LogP contribution in [0.3, 0.4) is 0 Å². The molecule has 0 aliphatic carbocycles. The molecule has 62 valence electrons. The van der Waals surface area contributed by atoms with Crippen molar-refractivity contribution in [3.63, 3.8) is 0 Å². The average molecular weight is 162 g/mol. The fraction of sp³-hybridized carbons (Fsp3) is 0.200. The highest BCUT2D eigenvalue weighted by atomic mass is 16.7. The molecule has 0 saturated carbocycles. The van der Waals surface area contributed by atoms with Crippen LogP contribution >= 0.6 is 0 Å². The summed E-state index contributed by atoms with van der Waals surface area (Å²) in [5, 5.41) is 43.3. The summed E-state index contributed by atoms with van der Waals surface area (Å²) in [5.41, 5.74) is 0. The Morgan fingerprint density at radius 2 is 1.55 bits per heavy atom. The predicted molar refractivity (Wildman–Crippen MR) is 31.7 cm³/mol. The Balaban J connectivity index is 3.07. The minimum absolute atomic E-state index is 0.944. The lowest BCUT2D eigenvalue weighted by atomic mass is 10.3. The molecule has 0 aromatic heterocycles. The lowest BCUT2D eigenvalue weighted by molar-refractivity contribution is -0.112. The standard InChI is InChI=1S/C5H6O6/c6-1-2(7)4(9)11-5(10)3(1)8/h4,6-10H. The summed E-state index contributed by atoms with van der Waals surface area (Å²) in [6.07, 6.45) is -1.84. The number of hydrogen-bond acceptors (Lipinski definition) is 6. The van der Waals surface area contributed by atoms with Gasteiger partial charge in [-0.25, -0.2) is 0 Å². The molecule has 0 amide bonds. The Kier molecular flexibility index (Phi) is 1.54. The van der Waals surface area contributed by atoms with Crippen LogP contribution in [0.1, 0.15) is 0 Å². The van der Waals surface area contributed by atoms with E-state index < -0.39 is 29.5 Å². The van der Waals surface area contributed by atoms with E-state index in [2.05, 4.69) is 4.74 Å². The van der Waals surface area contributed by atoms with Gasteiger partial charge in [-0.15, -0.1) is 0 Å². The van der Waals surface area contributed by atoms with Gasteiger partial charge < -0.3 is 30.3 Å². The molecule has 0 saturated heterocycles. The van der Waals surface area contributed by atoms with Gasteiger partial charge in [0.2, 0.25) is 17.3 Å². The highest BCUT2D eigenvalue weighted by Crippen LogP contribution is 2.21. The van der Waals surface area contributed by atoms with Crippen LogP contribution in [-0.2, 0) is 4.74 Å². The molecular weight excluding hydrogens is 156 g/mol. The third kappa shape index (κ3) is 1.03. The van der Waals surface area contributed by atoms with Crippen molar-refractivity contribution in [2.45, 2.75) is 6.29 Å². The Morgan fingerprint density at radius 3 is 2.09 bits per heavy atom. The van der Waals surface area contributed by atoms with Crippen molar-refractivity contribution in [1.29, 1.82) is 0 Å². The molecule has 11 heavy (non-hydrogen) atoms. The van der Waals surface area contributed by atoms with Gasteiger partial charge >= 0.3 is 5.95 Å². The van der Waals surface area contributed by atoms with Crippen molar-refractivity contribution < 1.29 is 30.3 Å². The molecule has 0 radical (unpaired) electrons. The molecule has 0 aromatic rings. The van der Waals surface area contributed by atoms with Crippen LogP contribution in [0.2, 0.25) is 0 Å². The number of rotatable bonds is 0. The monoisotopic (exact) mass is 162 g/mol. The second kappa shape index (κ2) is 2.24. The number of hydrogen-bond donors (Lipinski definition) is 5. The number of aliphatic hydroxyl groups excluding tert-OH is 5. The Bertz CT molecular complexity index is 239. The van der Waals surface area contributed by atoms with Crippen LogP contribution in [-0.4, -0.2) is 31.8 Å². The molecule has 0 aromatic carbocycles. The summed E-state index contributed by atoms with van der Waals surface area (Å²) in [7, 11) is 0.